The maximum absolute atomic E-state index is 12.3. The molecule has 2 aromatic rings. The Hall–Kier alpha value is -2.11. The van der Waals surface area contributed by atoms with Crippen LogP contribution in [-0.2, 0) is 29.9 Å². The normalized spacial score (nSPS) is 14.5. The van der Waals surface area contributed by atoms with Gasteiger partial charge in [0.25, 0.3) is 0 Å². The highest BCUT2D eigenvalue weighted by Crippen LogP contribution is 2.42. The van der Waals surface area contributed by atoms with E-state index in [9.17, 15) is 19.4 Å². The van der Waals surface area contributed by atoms with Crippen molar-refractivity contribution in [3.63, 3.8) is 0 Å². The Labute approximate surface area is 256 Å². The Morgan fingerprint density at radius 3 is 2.12 bits per heavy atom. The fourth-order valence-corrected chi connectivity index (χ4v) is 5.70. The molecule has 246 valence electrons. The summed E-state index contributed by atoms with van der Waals surface area (Å²) in [5, 5.41) is 10.0. The van der Waals surface area contributed by atoms with Gasteiger partial charge in [-0.2, -0.15) is 0 Å². The van der Waals surface area contributed by atoms with Crippen molar-refractivity contribution in [3.05, 3.63) is 12.7 Å². The summed E-state index contributed by atoms with van der Waals surface area (Å²) in [4.78, 5) is 34.3. The van der Waals surface area contributed by atoms with Crippen molar-refractivity contribution in [2.75, 3.05) is 25.3 Å². The fraction of sp³-hybridized carbons (Fsp3) is 0.800. The van der Waals surface area contributed by atoms with Gasteiger partial charge in [0.2, 0.25) is 0 Å². The van der Waals surface area contributed by atoms with Gasteiger partial charge < -0.3 is 34.3 Å². The predicted octanol–water partition coefficient (Wildman–Crippen LogP) is 6.14. The third-order valence-electron chi connectivity index (χ3n) is 7.30. The van der Waals surface area contributed by atoms with Gasteiger partial charge in [-0.25, -0.2) is 15.0 Å². The van der Waals surface area contributed by atoms with E-state index in [4.69, 9.17) is 19.7 Å². The average molecular weight is 628 g/mol. The average Bonchev–Trinajstić information content (AvgIpc) is 3.39. The molecule has 13 heteroatoms. The Kier molecular flexibility index (Phi) is 18.6. The monoisotopic (exact) mass is 627 g/mol. The molecule has 0 spiro atoms. The number of carbonyl (C=O) groups excluding carboxylic acids is 1. The quantitative estimate of drug-likeness (QED) is 0.0621. The highest BCUT2D eigenvalue weighted by atomic mass is 31.2. The van der Waals surface area contributed by atoms with Gasteiger partial charge in [-0.3, -0.25) is 9.36 Å². The lowest BCUT2D eigenvalue weighted by Gasteiger charge is -2.18. The number of nitrogen functional groups attached to an aromatic ring is 1. The van der Waals surface area contributed by atoms with Gasteiger partial charge >= 0.3 is 13.6 Å². The Balaban J connectivity index is 1.44. The minimum atomic E-state index is -4.13. The number of fused-ring (bicyclic) bond motifs is 1. The number of aliphatic hydroxyl groups is 1. The topological polar surface area (TPSA) is 172 Å². The number of rotatable bonds is 26. The molecule has 0 amide bonds. The molecule has 0 bridgehead atoms. The fourth-order valence-electron chi connectivity index (χ4n) is 4.77. The summed E-state index contributed by atoms with van der Waals surface area (Å²) in [5.74, 6) is -0.128. The van der Waals surface area contributed by atoms with Gasteiger partial charge in [-0.15, -0.1) is 0 Å². The van der Waals surface area contributed by atoms with E-state index in [0.717, 1.165) is 19.3 Å². The second kappa shape index (κ2) is 21.6. The van der Waals surface area contributed by atoms with Crippen LogP contribution in [0.1, 0.15) is 117 Å². The molecule has 0 fully saturated rings. The van der Waals surface area contributed by atoms with Crippen LogP contribution in [-0.4, -0.2) is 67.3 Å². The SMILES string of the molecule is CCCCCCCCCCCCCCCCCC(=O)OCC(O)COP(=O)(O)CO[C@H](C)Cn1cnc2c(N)ncnc21. The van der Waals surface area contributed by atoms with Crippen LogP contribution in [0.15, 0.2) is 12.7 Å². The number of aromatic nitrogens is 4. The van der Waals surface area contributed by atoms with Crippen molar-refractivity contribution in [2.45, 2.75) is 135 Å². The molecule has 2 unspecified atom stereocenters. The molecule has 0 aliphatic carbocycles. The van der Waals surface area contributed by atoms with Crippen LogP contribution in [0.5, 0.6) is 0 Å². The zero-order valence-electron chi connectivity index (χ0n) is 26.2. The van der Waals surface area contributed by atoms with E-state index < -0.39 is 38.7 Å². The van der Waals surface area contributed by atoms with E-state index in [0.29, 0.717) is 24.1 Å². The molecule has 0 radical (unpaired) electrons. The molecule has 2 rings (SSSR count). The lowest BCUT2D eigenvalue weighted by molar-refractivity contribution is -0.147. The zero-order valence-corrected chi connectivity index (χ0v) is 27.1. The molecule has 0 aromatic carbocycles. The van der Waals surface area contributed by atoms with E-state index in [1.807, 2.05) is 0 Å². The van der Waals surface area contributed by atoms with Gasteiger partial charge in [0, 0.05) is 6.42 Å². The second-order valence-electron chi connectivity index (χ2n) is 11.4. The van der Waals surface area contributed by atoms with Crippen molar-refractivity contribution < 1.29 is 33.4 Å². The van der Waals surface area contributed by atoms with Crippen molar-refractivity contribution in [2.24, 2.45) is 0 Å². The Bertz CT molecular complexity index is 1090. The predicted molar refractivity (Wildman–Crippen MR) is 167 cm³/mol. The number of anilines is 1. The zero-order chi connectivity index (χ0) is 31.3. The molecule has 2 heterocycles. The van der Waals surface area contributed by atoms with Gasteiger partial charge in [-0.05, 0) is 13.3 Å². The summed E-state index contributed by atoms with van der Waals surface area (Å²) in [6.45, 7) is 3.53. The van der Waals surface area contributed by atoms with Crippen molar-refractivity contribution in [1.29, 1.82) is 0 Å². The van der Waals surface area contributed by atoms with E-state index in [2.05, 4.69) is 21.9 Å². The summed E-state index contributed by atoms with van der Waals surface area (Å²) >= 11 is 0. The first-order valence-electron chi connectivity index (χ1n) is 16.0. The van der Waals surface area contributed by atoms with Crippen molar-refractivity contribution in [3.8, 4) is 0 Å². The largest absolute Gasteiger partial charge is 0.463 e. The van der Waals surface area contributed by atoms with Crippen LogP contribution in [0.3, 0.4) is 0 Å². The molecule has 0 aliphatic heterocycles. The number of unbranched alkanes of at least 4 members (excludes halogenated alkanes) is 14. The van der Waals surface area contributed by atoms with Gasteiger partial charge in [0.15, 0.2) is 11.5 Å². The number of nitrogens with zero attached hydrogens (tertiary/aromatic N) is 4. The summed E-state index contributed by atoms with van der Waals surface area (Å²) in [5.41, 5.74) is 6.79. The van der Waals surface area contributed by atoms with Gasteiger partial charge in [0.1, 0.15) is 30.9 Å². The smallest absolute Gasteiger partial charge is 0.353 e. The molecule has 3 atom stereocenters. The molecule has 0 saturated carbocycles. The van der Waals surface area contributed by atoms with Crippen LogP contribution >= 0.6 is 7.60 Å². The van der Waals surface area contributed by atoms with Crippen molar-refractivity contribution in [1.82, 2.24) is 19.5 Å². The van der Waals surface area contributed by atoms with Crippen LogP contribution in [0.25, 0.3) is 11.2 Å². The maximum Gasteiger partial charge on any atom is 0.353 e. The number of carbonyl (C=O) groups is 1. The number of nitrogens with two attached hydrogens (primary N) is 1. The van der Waals surface area contributed by atoms with E-state index in [1.54, 1.807) is 17.8 Å². The van der Waals surface area contributed by atoms with Crippen LogP contribution < -0.4 is 5.73 Å². The number of ether oxygens (including phenoxy) is 2. The molecular formula is C30H54N5O7P. The lowest BCUT2D eigenvalue weighted by Crippen LogP contribution is -2.24. The third-order valence-corrected chi connectivity index (χ3v) is 8.32. The number of hydrogen-bond donors (Lipinski definition) is 3. The van der Waals surface area contributed by atoms with E-state index in [-0.39, 0.29) is 12.4 Å². The summed E-state index contributed by atoms with van der Waals surface area (Å²) < 4.78 is 29.6. The molecule has 4 N–H and O–H groups in total. The molecule has 12 nitrogen and oxygen atoms in total. The minimum absolute atomic E-state index is 0.264. The number of aliphatic hydroxyl groups excluding tert-OH is 1. The van der Waals surface area contributed by atoms with Crippen LogP contribution in [0.4, 0.5) is 5.82 Å². The number of hydrogen-bond acceptors (Lipinski definition) is 10. The van der Waals surface area contributed by atoms with Gasteiger partial charge in [-0.1, -0.05) is 96.8 Å². The minimum Gasteiger partial charge on any atom is -0.463 e. The molecule has 0 saturated heterocycles. The van der Waals surface area contributed by atoms with Crippen LogP contribution in [0.2, 0.25) is 0 Å². The third kappa shape index (κ3) is 16.5. The van der Waals surface area contributed by atoms with Gasteiger partial charge in [0.05, 0.1) is 25.6 Å². The Morgan fingerprint density at radius 1 is 0.930 bits per heavy atom. The highest BCUT2D eigenvalue weighted by molar-refractivity contribution is 7.52. The summed E-state index contributed by atoms with van der Waals surface area (Å²) in [6.07, 6.45) is 19.7. The van der Waals surface area contributed by atoms with Crippen molar-refractivity contribution >= 4 is 30.5 Å². The maximum atomic E-state index is 12.3. The Morgan fingerprint density at radius 2 is 1.51 bits per heavy atom. The first-order valence-corrected chi connectivity index (χ1v) is 17.8. The van der Waals surface area contributed by atoms with Crippen LogP contribution in [0, 0.1) is 0 Å². The lowest BCUT2D eigenvalue weighted by atomic mass is 10.0. The highest BCUT2D eigenvalue weighted by Gasteiger charge is 2.24. The molecule has 2 aromatic heterocycles. The first kappa shape index (κ1) is 37.1. The molecule has 0 aliphatic rings. The molecule has 43 heavy (non-hydrogen) atoms. The first-order chi connectivity index (χ1) is 20.7. The summed E-state index contributed by atoms with van der Waals surface area (Å²) in [7, 11) is -4.13. The number of imidazole rings is 1. The van der Waals surface area contributed by atoms with E-state index in [1.165, 1.54) is 83.4 Å². The summed E-state index contributed by atoms with van der Waals surface area (Å²) in [6, 6.07) is 0. The second-order valence-corrected chi connectivity index (χ2v) is 13.2. The molecular weight excluding hydrogens is 573 g/mol. The number of esters is 1. The standard InChI is InChI=1S/C30H54N5O7P/c1-3-4-5-6-7-8-9-10-11-12-13-14-15-16-17-18-27(37)40-20-26(36)21-42-43(38,39)24-41-25(2)19-35-23-34-28-29(31)32-22-33-30(28)35/h22-23,25-26,36H,3-21,24H2,1-2H3,(H,38,39)(H2,31,32,33)/t25-,26?/m1/s1. The van der Waals surface area contributed by atoms with E-state index >= 15 is 0 Å².